The molecule has 0 saturated heterocycles. The third-order valence-electron chi connectivity index (χ3n) is 2.62. The maximum atomic E-state index is 11.9. The van der Waals surface area contributed by atoms with Gasteiger partial charge >= 0.3 is 11.9 Å². The van der Waals surface area contributed by atoms with Crippen molar-refractivity contribution >= 4 is 17.7 Å². The molecule has 8 nitrogen and oxygen atoms in total. The van der Waals surface area contributed by atoms with Gasteiger partial charge in [0.15, 0.2) is 6.10 Å². The molecule has 6 N–H and O–H groups in total. The van der Waals surface area contributed by atoms with Crippen molar-refractivity contribution in [3.63, 3.8) is 0 Å². The van der Waals surface area contributed by atoms with E-state index >= 15 is 0 Å². The van der Waals surface area contributed by atoms with Gasteiger partial charge in [-0.3, -0.25) is 4.79 Å². The summed E-state index contributed by atoms with van der Waals surface area (Å²) in [5, 5.41) is 36.4. The minimum Gasteiger partial charge on any atom is -0.479 e. The summed E-state index contributed by atoms with van der Waals surface area (Å²) < 4.78 is 0. The molecule has 0 aliphatic heterocycles. The zero-order valence-corrected chi connectivity index (χ0v) is 10.4. The Labute approximate surface area is 113 Å². The van der Waals surface area contributed by atoms with E-state index in [2.05, 4.69) is 0 Å². The molecule has 0 fully saturated rings. The van der Waals surface area contributed by atoms with Gasteiger partial charge in [-0.05, 0) is 6.92 Å². The van der Waals surface area contributed by atoms with Crippen molar-refractivity contribution in [3.05, 3.63) is 35.4 Å². The van der Waals surface area contributed by atoms with E-state index in [9.17, 15) is 24.6 Å². The van der Waals surface area contributed by atoms with E-state index in [1.54, 1.807) is 6.92 Å². The number of carbonyl (C=O) groups excluding carboxylic acids is 1. The van der Waals surface area contributed by atoms with Crippen LogP contribution in [0.25, 0.3) is 0 Å². The van der Waals surface area contributed by atoms with Crippen LogP contribution in [-0.2, 0) is 9.59 Å². The number of carboxylic acids is 2. The van der Waals surface area contributed by atoms with Gasteiger partial charge in [-0.15, -0.1) is 0 Å². The zero-order chi connectivity index (χ0) is 14.8. The predicted molar refractivity (Wildman–Crippen MR) is 65.4 cm³/mol. The first-order chi connectivity index (χ1) is 8.71. The lowest BCUT2D eigenvalue weighted by atomic mass is 9.87. The number of carbonyl (C=O) groups is 3. The maximum Gasteiger partial charge on any atom is 0.347 e. The number of hydrogen-bond acceptors (Lipinski definition) is 5. The number of benzene rings is 1. The van der Waals surface area contributed by atoms with Crippen molar-refractivity contribution in [1.29, 1.82) is 0 Å². The fraction of sp³-hybridized carbons (Fsp3) is 0.250. The lowest BCUT2D eigenvalue weighted by molar-refractivity contribution is -0.175. The van der Waals surface area contributed by atoms with Crippen molar-refractivity contribution < 1.29 is 40.3 Å². The summed E-state index contributed by atoms with van der Waals surface area (Å²) in [6.45, 7) is 1.73. The molecule has 1 aromatic rings. The van der Waals surface area contributed by atoms with Gasteiger partial charge in [0, 0.05) is 5.56 Å². The second-order valence-corrected chi connectivity index (χ2v) is 4.01. The highest BCUT2D eigenvalue weighted by atomic mass is 16.4. The van der Waals surface area contributed by atoms with Crippen LogP contribution in [0.3, 0.4) is 0 Å². The predicted octanol–water partition coefficient (Wildman–Crippen LogP) is -1.39. The Morgan fingerprint density at radius 2 is 1.55 bits per heavy atom. The van der Waals surface area contributed by atoms with E-state index in [0.29, 0.717) is 0 Å². The zero-order valence-electron chi connectivity index (χ0n) is 10.4. The standard InChI is InChI=1S/C12H12O7.H2O/c1-6-2-4-7(5-3-6)8(13)12(19,11(17)18)9(14)10(15)16;/h2-5,9,14,19H,1H3,(H,15,16)(H,17,18);1H2/t9-,12+;/m1./s1. The van der Waals surface area contributed by atoms with E-state index in [4.69, 9.17) is 10.2 Å². The highest BCUT2D eigenvalue weighted by Gasteiger charge is 2.54. The van der Waals surface area contributed by atoms with Gasteiger partial charge in [-0.25, -0.2) is 9.59 Å². The number of aliphatic hydroxyl groups excluding tert-OH is 1. The highest BCUT2D eigenvalue weighted by molar-refractivity contribution is 6.17. The number of ketones is 1. The summed E-state index contributed by atoms with van der Waals surface area (Å²) in [6, 6.07) is 5.45. The summed E-state index contributed by atoms with van der Waals surface area (Å²) in [6.07, 6.45) is -2.76. The quantitative estimate of drug-likeness (QED) is 0.382. The van der Waals surface area contributed by atoms with Crippen molar-refractivity contribution in [2.24, 2.45) is 0 Å². The van der Waals surface area contributed by atoms with Crippen molar-refractivity contribution in [2.45, 2.75) is 18.6 Å². The molecular weight excluding hydrogens is 272 g/mol. The van der Waals surface area contributed by atoms with Gasteiger partial charge in [0.05, 0.1) is 0 Å². The fourth-order valence-electron chi connectivity index (χ4n) is 1.44. The van der Waals surface area contributed by atoms with Crippen LogP contribution < -0.4 is 0 Å². The van der Waals surface area contributed by atoms with E-state index in [0.717, 1.165) is 5.56 Å². The number of Topliss-reactive ketones (excluding diaryl/α,β-unsaturated/α-hetero) is 1. The largest absolute Gasteiger partial charge is 0.479 e. The van der Waals surface area contributed by atoms with Crippen LogP contribution in [-0.4, -0.2) is 55.3 Å². The summed E-state index contributed by atoms with van der Waals surface area (Å²) in [5.41, 5.74) is -2.86. The van der Waals surface area contributed by atoms with E-state index < -0.39 is 29.4 Å². The van der Waals surface area contributed by atoms with Crippen LogP contribution in [0.1, 0.15) is 15.9 Å². The van der Waals surface area contributed by atoms with Crippen molar-refractivity contribution in [2.75, 3.05) is 0 Å². The lowest BCUT2D eigenvalue weighted by Gasteiger charge is -2.24. The van der Waals surface area contributed by atoms with Gasteiger partial charge in [-0.1, -0.05) is 29.8 Å². The number of rotatable bonds is 5. The van der Waals surface area contributed by atoms with Crippen LogP contribution in [0.2, 0.25) is 0 Å². The van der Waals surface area contributed by atoms with Gasteiger partial charge in [0.25, 0.3) is 5.60 Å². The monoisotopic (exact) mass is 286 g/mol. The number of aryl methyl sites for hydroxylation is 1. The average Bonchev–Trinajstić information content (AvgIpc) is 2.36. The molecule has 0 aromatic heterocycles. The van der Waals surface area contributed by atoms with Crippen LogP contribution in [0.5, 0.6) is 0 Å². The molecule has 2 atom stereocenters. The van der Waals surface area contributed by atoms with Gasteiger partial charge in [0.2, 0.25) is 5.78 Å². The lowest BCUT2D eigenvalue weighted by Crippen LogP contribution is -2.58. The molecule has 0 unspecified atom stereocenters. The third-order valence-corrected chi connectivity index (χ3v) is 2.62. The van der Waals surface area contributed by atoms with E-state index in [-0.39, 0.29) is 11.0 Å². The first-order valence-corrected chi connectivity index (χ1v) is 5.19. The molecule has 1 aromatic carbocycles. The molecule has 0 aliphatic carbocycles. The molecule has 1 rings (SSSR count). The Bertz CT molecular complexity index is 521. The molecule has 20 heavy (non-hydrogen) atoms. The van der Waals surface area contributed by atoms with Crippen molar-refractivity contribution in [3.8, 4) is 0 Å². The van der Waals surface area contributed by atoms with Crippen molar-refractivity contribution in [1.82, 2.24) is 0 Å². The van der Waals surface area contributed by atoms with Gasteiger partial charge in [0.1, 0.15) is 0 Å². The number of hydrogen-bond donors (Lipinski definition) is 4. The van der Waals surface area contributed by atoms with Gasteiger partial charge in [-0.2, -0.15) is 0 Å². The molecule has 0 amide bonds. The third kappa shape index (κ3) is 2.99. The second kappa shape index (κ2) is 6.24. The first kappa shape index (κ1) is 17.7. The molecule has 110 valence electrons. The molecule has 0 bridgehead atoms. The Morgan fingerprint density at radius 1 is 1.10 bits per heavy atom. The molecular formula is C12H14O8. The minimum atomic E-state index is -3.43. The van der Waals surface area contributed by atoms with E-state index in [1.807, 2.05) is 0 Å². The number of aliphatic hydroxyl groups is 2. The molecule has 0 aliphatic rings. The summed E-state index contributed by atoms with van der Waals surface area (Å²) in [7, 11) is 0. The second-order valence-electron chi connectivity index (χ2n) is 4.01. The molecule has 0 saturated carbocycles. The van der Waals surface area contributed by atoms with Crippen LogP contribution in [0, 0.1) is 6.92 Å². The fourth-order valence-corrected chi connectivity index (χ4v) is 1.44. The molecule has 0 spiro atoms. The molecule has 8 heteroatoms. The maximum absolute atomic E-state index is 11.9. The van der Waals surface area contributed by atoms with Crippen LogP contribution in [0.4, 0.5) is 0 Å². The SMILES string of the molecule is Cc1ccc(C(=O)[C@@](O)(C(=O)O)[C@H](O)C(=O)O)cc1.O. The van der Waals surface area contributed by atoms with Crippen LogP contribution in [0.15, 0.2) is 24.3 Å². The van der Waals surface area contributed by atoms with Gasteiger partial charge < -0.3 is 25.9 Å². The smallest absolute Gasteiger partial charge is 0.347 e. The Hall–Kier alpha value is -2.29. The Morgan fingerprint density at radius 3 is 1.90 bits per heavy atom. The average molecular weight is 286 g/mol. The first-order valence-electron chi connectivity index (χ1n) is 5.19. The normalized spacial score (nSPS) is 14.6. The van der Waals surface area contributed by atoms with Crippen LogP contribution >= 0.6 is 0 Å². The summed E-state index contributed by atoms with van der Waals surface area (Å²) >= 11 is 0. The molecule has 0 radical (unpaired) electrons. The highest BCUT2D eigenvalue weighted by Crippen LogP contribution is 2.19. The van der Waals surface area contributed by atoms with E-state index in [1.165, 1.54) is 24.3 Å². The number of aliphatic carboxylic acids is 2. The Kier molecular flexibility index (Phi) is 5.52. The topological polar surface area (TPSA) is 164 Å². The summed E-state index contributed by atoms with van der Waals surface area (Å²) in [5.74, 6) is -5.53. The number of carboxylic acid groups (broad SMARTS) is 2. The summed E-state index contributed by atoms with van der Waals surface area (Å²) in [4.78, 5) is 33.5. The Balaban J connectivity index is 0.00000361. The minimum absolute atomic E-state index is 0. The molecule has 0 heterocycles.